The summed E-state index contributed by atoms with van der Waals surface area (Å²) in [6, 6.07) is 15.5. The molecule has 0 fully saturated rings. The van der Waals surface area contributed by atoms with Gasteiger partial charge in [0.15, 0.2) is 0 Å². The molecule has 142 valence electrons. The Kier molecular flexibility index (Phi) is 4.37. The zero-order valence-corrected chi connectivity index (χ0v) is 15.4. The smallest absolute Gasteiger partial charge is 0.305 e. The Morgan fingerprint density at radius 3 is 2.50 bits per heavy atom. The van der Waals surface area contributed by atoms with Gasteiger partial charge in [0.25, 0.3) is 5.91 Å². The number of hydrogen-bond donors (Lipinski definition) is 3. The number of carboxylic acid groups (broad SMARTS) is 1. The second-order valence-corrected chi connectivity index (χ2v) is 8.16. The van der Waals surface area contributed by atoms with E-state index < -0.39 is 28.5 Å². The molecule has 1 amide bonds. The first-order valence-corrected chi connectivity index (χ1v) is 10.0. The van der Waals surface area contributed by atoms with Gasteiger partial charge in [-0.1, -0.05) is 42.5 Å². The van der Waals surface area contributed by atoms with Crippen molar-refractivity contribution >= 4 is 38.4 Å². The normalized spacial score (nSPS) is 14.1. The molecule has 0 saturated carbocycles. The van der Waals surface area contributed by atoms with E-state index in [0.717, 1.165) is 0 Å². The van der Waals surface area contributed by atoms with Crippen LogP contribution in [0.4, 0.5) is 5.69 Å². The van der Waals surface area contributed by atoms with Gasteiger partial charge in [-0.05, 0) is 23.8 Å². The maximum Gasteiger partial charge on any atom is 0.305 e. The quantitative estimate of drug-likeness (QED) is 0.593. The van der Waals surface area contributed by atoms with Gasteiger partial charge in [-0.3, -0.25) is 9.59 Å². The van der Waals surface area contributed by atoms with E-state index in [0.29, 0.717) is 27.6 Å². The van der Waals surface area contributed by atoms with Crippen molar-refractivity contribution in [3.05, 3.63) is 71.8 Å². The maximum absolute atomic E-state index is 13.1. The summed E-state index contributed by atoms with van der Waals surface area (Å²) >= 11 is 0. The fourth-order valence-corrected chi connectivity index (χ4v) is 4.86. The third-order valence-corrected chi connectivity index (χ3v) is 6.19. The van der Waals surface area contributed by atoms with E-state index in [1.54, 1.807) is 54.6 Å². The molecular weight excluding hydrogens is 380 g/mol. The third-order valence-electron chi connectivity index (χ3n) is 4.66. The van der Waals surface area contributed by atoms with Gasteiger partial charge in [0, 0.05) is 22.0 Å². The zero-order valence-electron chi connectivity index (χ0n) is 14.5. The largest absolute Gasteiger partial charge is 0.481 e. The summed E-state index contributed by atoms with van der Waals surface area (Å²) < 4.78 is 28.8. The van der Waals surface area contributed by atoms with E-state index in [1.165, 1.54) is 6.07 Å². The van der Waals surface area contributed by atoms with Crippen molar-refractivity contribution in [1.82, 2.24) is 4.72 Å². The first-order chi connectivity index (χ1) is 13.4. The number of amides is 1. The maximum atomic E-state index is 13.1. The van der Waals surface area contributed by atoms with Crippen molar-refractivity contribution in [3.63, 3.8) is 0 Å². The number of anilines is 1. The van der Waals surface area contributed by atoms with Crippen LogP contribution in [-0.4, -0.2) is 25.4 Å². The minimum absolute atomic E-state index is 0.00378. The summed E-state index contributed by atoms with van der Waals surface area (Å²) in [7, 11) is -4.06. The van der Waals surface area contributed by atoms with Crippen LogP contribution in [0.2, 0.25) is 0 Å². The van der Waals surface area contributed by atoms with Crippen molar-refractivity contribution in [2.24, 2.45) is 0 Å². The van der Waals surface area contributed by atoms with Crippen LogP contribution < -0.4 is 10.0 Å². The molecule has 3 N–H and O–H groups in total. The summed E-state index contributed by atoms with van der Waals surface area (Å²) in [4.78, 5) is 23.3. The monoisotopic (exact) mass is 396 g/mol. The van der Waals surface area contributed by atoms with Gasteiger partial charge in [0.05, 0.1) is 17.4 Å². The van der Waals surface area contributed by atoms with E-state index in [-0.39, 0.29) is 10.8 Å². The highest BCUT2D eigenvalue weighted by Crippen LogP contribution is 2.36. The first kappa shape index (κ1) is 18.1. The number of rotatable bonds is 6. The van der Waals surface area contributed by atoms with Gasteiger partial charge in [0.2, 0.25) is 10.0 Å². The summed E-state index contributed by atoms with van der Waals surface area (Å²) in [6.45, 7) is 0. The highest BCUT2D eigenvalue weighted by molar-refractivity contribution is 7.89. The Morgan fingerprint density at radius 1 is 1.04 bits per heavy atom. The number of carbonyl (C=O) groups is 2. The molecule has 1 aliphatic rings. The van der Waals surface area contributed by atoms with Crippen molar-refractivity contribution in [2.75, 3.05) is 5.32 Å². The number of aliphatic carboxylic acids is 1. The second-order valence-electron chi connectivity index (χ2n) is 6.48. The van der Waals surface area contributed by atoms with Gasteiger partial charge in [-0.15, -0.1) is 0 Å². The standard InChI is InChI=1S/C20H16N2O5S/c23-18(24)11-16(12-5-2-1-3-6-12)22-28(26,27)17-10-9-15-19-13(17)7-4-8-14(19)20(25)21-15/h1-10,16,22H,11H2,(H,21,25)(H,23,24)/t16-/m1/s1. The molecule has 7 nitrogen and oxygen atoms in total. The number of sulfonamides is 1. The van der Waals surface area contributed by atoms with Crippen LogP contribution in [0.15, 0.2) is 65.6 Å². The first-order valence-electron chi connectivity index (χ1n) is 8.53. The number of hydrogen-bond acceptors (Lipinski definition) is 4. The van der Waals surface area contributed by atoms with Crippen LogP contribution in [0.25, 0.3) is 10.8 Å². The predicted molar refractivity (Wildman–Crippen MR) is 104 cm³/mol. The molecule has 4 rings (SSSR count). The predicted octanol–water partition coefficient (Wildman–Crippen LogP) is 2.90. The minimum atomic E-state index is -4.06. The van der Waals surface area contributed by atoms with Crippen molar-refractivity contribution in [1.29, 1.82) is 0 Å². The average molecular weight is 396 g/mol. The Morgan fingerprint density at radius 2 is 1.79 bits per heavy atom. The minimum Gasteiger partial charge on any atom is -0.481 e. The number of nitrogens with one attached hydrogen (secondary N) is 2. The molecule has 8 heteroatoms. The van der Waals surface area contributed by atoms with E-state index in [4.69, 9.17) is 0 Å². The fourth-order valence-electron chi connectivity index (χ4n) is 3.44. The van der Waals surface area contributed by atoms with Gasteiger partial charge in [-0.25, -0.2) is 13.1 Å². The van der Waals surface area contributed by atoms with Crippen LogP contribution in [0.3, 0.4) is 0 Å². The fraction of sp³-hybridized carbons (Fsp3) is 0.100. The number of carbonyl (C=O) groups excluding carboxylic acids is 1. The van der Waals surface area contributed by atoms with Crippen LogP contribution >= 0.6 is 0 Å². The third kappa shape index (κ3) is 3.12. The molecule has 3 aromatic carbocycles. The van der Waals surface area contributed by atoms with Gasteiger partial charge >= 0.3 is 5.97 Å². The van der Waals surface area contributed by atoms with Crippen LogP contribution in [-0.2, 0) is 14.8 Å². The summed E-state index contributed by atoms with van der Waals surface area (Å²) in [5, 5.41) is 12.9. The molecule has 0 saturated heterocycles. The Hall–Kier alpha value is -3.23. The molecule has 0 radical (unpaired) electrons. The van der Waals surface area contributed by atoms with Crippen molar-refractivity contribution < 1.29 is 23.1 Å². The molecule has 28 heavy (non-hydrogen) atoms. The molecule has 0 spiro atoms. The Labute approximate surface area is 161 Å². The van der Waals surface area contributed by atoms with Crippen molar-refractivity contribution in [3.8, 4) is 0 Å². The van der Waals surface area contributed by atoms with E-state index >= 15 is 0 Å². The van der Waals surface area contributed by atoms with Crippen LogP contribution in [0.1, 0.15) is 28.4 Å². The van der Waals surface area contributed by atoms with E-state index in [2.05, 4.69) is 10.0 Å². The van der Waals surface area contributed by atoms with Crippen molar-refractivity contribution in [2.45, 2.75) is 17.4 Å². The molecule has 0 bridgehead atoms. The van der Waals surface area contributed by atoms with E-state index in [1.807, 2.05) is 0 Å². The molecular formula is C20H16N2O5S. The van der Waals surface area contributed by atoms with E-state index in [9.17, 15) is 23.1 Å². The van der Waals surface area contributed by atoms with Gasteiger partial charge in [0.1, 0.15) is 0 Å². The summed E-state index contributed by atoms with van der Waals surface area (Å²) in [5.74, 6) is -1.40. The van der Waals surface area contributed by atoms with Crippen LogP contribution in [0, 0.1) is 0 Å². The Bertz CT molecular complexity index is 1210. The van der Waals surface area contributed by atoms with Gasteiger partial charge < -0.3 is 10.4 Å². The second kappa shape index (κ2) is 6.74. The van der Waals surface area contributed by atoms with Crippen LogP contribution in [0.5, 0.6) is 0 Å². The topological polar surface area (TPSA) is 113 Å². The molecule has 0 unspecified atom stereocenters. The highest BCUT2D eigenvalue weighted by atomic mass is 32.2. The lowest BCUT2D eigenvalue weighted by Gasteiger charge is -2.18. The molecule has 0 aromatic heterocycles. The Balaban J connectivity index is 1.79. The summed E-state index contributed by atoms with van der Waals surface area (Å²) in [6.07, 6.45) is -0.398. The number of benzene rings is 3. The molecule has 0 aliphatic carbocycles. The lowest BCUT2D eigenvalue weighted by Crippen LogP contribution is -2.30. The molecule has 1 heterocycles. The zero-order chi connectivity index (χ0) is 19.9. The van der Waals surface area contributed by atoms with Gasteiger partial charge in [-0.2, -0.15) is 0 Å². The number of carboxylic acids is 1. The molecule has 3 aromatic rings. The lowest BCUT2D eigenvalue weighted by molar-refractivity contribution is -0.137. The summed E-state index contributed by atoms with van der Waals surface area (Å²) in [5.41, 5.74) is 1.52. The lowest BCUT2D eigenvalue weighted by atomic mass is 10.1. The molecule has 1 atom stereocenters. The molecule has 1 aliphatic heterocycles. The highest BCUT2D eigenvalue weighted by Gasteiger charge is 2.28. The average Bonchev–Trinajstić information content (AvgIpc) is 2.99. The SMILES string of the molecule is O=C(O)C[C@@H](NS(=O)(=O)c1ccc2c3c(cccc13)C(=O)N2)c1ccccc1.